The summed E-state index contributed by atoms with van der Waals surface area (Å²) in [6.45, 7) is 2.20. The second-order valence-electron chi connectivity index (χ2n) is 5.14. The Hall–Kier alpha value is -1.06. The summed E-state index contributed by atoms with van der Waals surface area (Å²) in [6.07, 6.45) is 7.72. The molecule has 0 radical (unpaired) electrons. The van der Waals surface area contributed by atoms with E-state index in [1.807, 2.05) is 0 Å². The van der Waals surface area contributed by atoms with Gasteiger partial charge in [0, 0.05) is 11.6 Å². The summed E-state index contributed by atoms with van der Waals surface area (Å²) in [7, 11) is 0. The van der Waals surface area contributed by atoms with E-state index in [4.69, 9.17) is 5.73 Å². The molecule has 0 saturated heterocycles. The number of carbonyl (C=O) groups is 1. The van der Waals surface area contributed by atoms with Crippen LogP contribution in [0.5, 0.6) is 0 Å². The van der Waals surface area contributed by atoms with Crippen molar-refractivity contribution in [1.29, 1.82) is 0 Å². The molecule has 0 bridgehead atoms. The Kier molecular flexibility index (Phi) is 3.46. The molecule has 90 valence electrons. The van der Waals surface area contributed by atoms with Crippen molar-refractivity contribution in [3.8, 4) is 0 Å². The topological polar surface area (TPSA) is 67.5 Å². The summed E-state index contributed by atoms with van der Waals surface area (Å²) in [5.41, 5.74) is 8.65. The molecule has 2 aliphatic rings. The quantitative estimate of drug-likeness (QED) is 0.658. The van der Waals surface area contributed by atoms with Crippen LogP contribution >= 0.6 is 0 Å². The molecular formula is C12H21N3O. The zero-order valence-corrected chi connectivity index (χ0v) is 9.91. The summed E-state index contributed by atoms with van der Waals surface area (Å²) in [5, 5.41) is 4.24. The van der Waals surface area contributed by atoms with Crippen LogP contribution in [0.2, 0.25) is 0 Å². The number of urea groups is 1. The molecule has 0 aromatic rings. The molecule has 4 heteroatoms. The Balaban J connectivity index is 2.11. The maximum absolute atomic E-state index is 10.7. The van der Waals surface area contributed by atoms with Crippen LogP contribution < -0.4 is 11.2 Å². The average Bonchev–Trinajstić information content (AvgIpc) is 2.27. The minimum absolute atomic E-state index is 0.492. The van der Waals surface area contributed by atoms with Gasteiger partial charge in [0.25, 0.3) is 0 Å². The van der Waals surface area contributed by atoms with Crippen LogP contribution in [0.25, 0.3) is 0 Å². The largest absolute Gasteiger partial charge is 0.350 e. The minimum Gasteiger partial charge on any atom is -0.350 e. The van der Waals surface area contributed by atoms with Crippen molar-refractivity contribution in [3.63, 3.8) is 0 Å². The third-order valence-electron chi connectivity index (χ3n) is 4.06. The van der Waals surface area contributed by atoms with Gasteiger partial charge >= 0.3 is 6.03 Å². The van der Waals surface area contributed by atoms with Crippen LogP contribution in [-0.4, -0.2) is 11.7 Å². The summed E-state index contributed by atoms with van der Waals surface area (Å²) in [5.74, 6) is 1.87. The number of carbonyl (C=O) groups excluding carboxylic acids is 1. The first-order chi connectivity index (χ1) is 7.68. The molecule has 2 saturated carbocycles. The lowest BCUT2D eigenvalue weighted by atomic mass is 9.67. The smallest absolute Gasteiger partial charge is 0.332 e. The number of nitrogens with two attached hydrogens (primary N) is 1. The summed E-state index contributed by atoms with van der Waals surface area (Å²) in [4.78, 5) is 10.7. The Morgan fingerprint density at radius 1 is 1.31 bits per heavy atom. The lowest BCUT2D eigenvalue weighted by Gasteiger charge is -2.39. The zero-order valence-electron chi connectivity index (χ0n) is 9.91. The SMILES string of the molecule is C[C@H]1CC[C@@H]2CCCC[C@@H]2/C1=N\NC(N)=O. The molecule has 2 fully saturated rings. The zero-order chi connectivity index (χ0) is 11.5. The molecule has 2 aliphatic carbocycles. The van der Waals surface area contributed by atoms with Gasteiger partial charge in [0.15, 0.2) is 0 Å². The number of primary amides is 1. The predicted octanol–water partition coefficient (Wildman–Crippen LogP) is 2.25. The number of fused-ring (bicyclic) bond motifs is 1. The highest BCUT2D eigenvalue weighted by atomic mass is 16.2. The molecule has 3 N–H and O–H groups in total. The van der Waals surface area contributed by atoms with Crippen molar-refractivity contribution in [2.75, 3.05) is 0 Å². The van der Waals surface area contributed by atoms with Gasteiger partial charge in [0.2, 0.25) is 0 Å². The second-order valence-corrected chi connectivity index (χ2v) is 5.14. The fourth-order valence-electron chi connectivity index (χ4n) is 3.23. The highest BCUT2D eigenvalue weighted by Crippen LogP contribution is 2.40. The number of rotatable bonds is 1. The van der Waals surface area contributed by atoms with Crippen LogP contribution in [0.4, 0.5) is 4.79 Å². The Labute approximate surface area is 96.7 Å². The maximum atomic E-state index is 10.7. The van der Waals surface area contributed by atoms with Crippen molar-refractivity contribution in [2.45, 2.75) is 45.4 Å². The van der Waals surface area contributed by atoms with Crippen LogP contribution in [0.1, 0.15) is 45.4 Å². The molecular weight excluding hydrogens is 202 g/mol. The third kappa shape index (κ3) is 2.36. The fourth-order valence-corrected chi connectivity index (χ4v) is 3.23. The van der Waals surface area contributed by atoms with Gasteiger partial charge < -0.3 is 5.73 Å². The normalized spacial score (nSPS) is 36.8. The van der Waals surface area contributed by atoms with Crippen molar-refractivity contribution < 1.29 is 4.79 Å². The van der Waals surface area contributed by atoms with E-state index < -0.39 is 6.03 Å². The van der Waals surface area contributed by atoms with Crippen molar-refractivity contribution in [3.05, 3.63) is 0 Å². The Bertz CT molecular complexity index is 301. The van der Waals surface area contributed by atoms with E-state index in [-0.39, 0.29) is 0 Å². The standard InChI is InChI=1S/C12H21N3O/c1-8-6-7-9-4-2-3-5-10(9)11(8)14-15-12(13)16/h8-10H,2-7H2,1H3,(H3,13,15,16)/b14-11-/t8-,9-,10-/m0/s1. The van der Waals surface area contributed by atoms with Gasteiger partial charge in [-0.1, -0.05) is 19.8 Å². The maximum Gasteiger partial charge on any atom is 0.332 e. The van der Waals surface area contributed by atoms with Gasteiger partial charge in [-0.3, -0.25) is 0 Å². The molecule has 3 atom stereocenters. The van der Waals surface area contributed by atoms with Gasteiger partial charge in [-0.15, -0.1) is 0 Å². The first-order valence-electron chi connectivity index (χ1n) is 6.31. The third-order valence-corrected chi connectivity index (χ3v) is 4.06. The van der Waals surface area contributed by atoms with Crippen LogP contribution in [0.3, 0.4) is 0 Å². The van der Waals surface area contributed by atoms with Gasteiger partial charge in [0.1, 0.15) is 0 Å². The number of nitrogens with one attached hydrogen (secondary N) is 1. The number of hydrogen-bond donors (Lipinski definition) is 2. The van der Waals surface area contributed by atoms with E-state index in [1.165, 1.54) is 44.2 Å². The summed E-state index contributed by atoms with van der Waals surface area (Å²) in [6, 6.07) is -0.558. The lowest BCUT2D eigenvalue weighted by molar-refractivity contribution is 0.239. The lowest BCUT2D eigenvalue weighted by Crippen LogP contribution is -2.38. The van der Waals surface area contributed by atoms with Crippen LogP contribution in [0, 0.1) is 17.8 Å². The molecule has 0 unspecified atom stereocenters. The number of nitrogens with zero attached hydrogens (tertiary/aromatic N) is 1. The van der Waals surface area contributed by atoms with Crippen LogP contribution in [-0.2, 0) is 0 Å². The average molecular weight is 223 g/mol. The fraction of sp³-hybridized carbons (Fsp3) is 0.833. The molecule has 0 heterocycles. The van der Waals surface area contributed by atoms with Crippen LogP contribution in [0.15, 0.2) is 5.10 Å². The molecule has 0 spiro atoms. The monoisotopic (exact) mass is 223 g/mol. The van der Waals surface area contributed by atoms with Crippen molar-refractivity contribution in [1.82, 2.24) is 5.43 Å². The second kappa shape index (κ2) is 4.85. The van der Waals surface area contributed by atoms with E-state index in [1.54, 1.807) is 0 Å². The van der Waals surface area contributed by atoms with Gasteiger partial charge in [-0.2, -0.15) is 5.10 Å². The molecule has 2 rings (SSSR count). The molecule has 16 heavy (non-hydrogen) atoms. The molecule has 4 nitrogen and oxygen atoms in total. The van der Waals surface area contributed by atoms with Gasteiger partial charge in [-0.05, 0) is 37.5 Å². The summed E-state index contributed by atoms with van der Waals surface area (Å²) >= 11 is 0. The van der Waals surface area contributed by atoms with Gasteiger partial charge in [-0.25, -0.2) is 10.2 Å². The Morgan fingerprint density at radius 2 is 2.06 bits per heavy atom. The molecule has 0 aromatic carbocycles. The molecule has 2 amide bonds. The van der Waals surface area contributed by atoms with E-state index in [0.29, 0.717) is 11.8 Å². The van der Waals surface area contributed by atoms with Gasteiger partial charge in [0.05, 0.1) is 0 Å². The highest BCUT2D eigenvalue weighted by Gasteiger charge is 2.35. The van der Waals surface area contributed by atoms with E-state index in [0.717, 1.165) is 5.92 Å². The summed E-state index contributed by atoms with van der Waals surface area (Å²) < 4.78 is 0. The van der Waals surface area contributed by atoms with E-state index in [9.17, 15) is 4.79 Å². The number of hydrogen-bond acceptors (Lipinski definition) is 2. The number of hydrazone groups is 1. The van der Waals surface area contributed by atoms with E-state index in [2.05, 4.69) is 17.5 Å². The first kappa shape index (κ1) is 11.4. The number of amides is 2. The molecule has 0 aliphatic heterocycles. The first-order valence-corrected chi connectivity index (χ1v) is 6.31. The molecule has 0 aromatic heterocycles. The predicted molar refractivity (Wildman–Crippen MR) is 64.0 cm³/mol. The minimum atomic E-state index is -0.558. The highest BCUT2D eigenvalue weighted by molar-refractivity contribution is 5.90. The Morgan fingerprint density at radius 3 is 2.81 bits per heavy atom. The van der Waals surface area contributed by atoms with Crippen molar-refractivity contribution in [2.24, 2.45) is 28.6 Å². The van der Waals surface area contributed by atoms with Crippen molar-refractivity contribution >= 4 is 11.7 Å². The van der Waals surface area contributed by atoms with E-state index >= 15 is 0 Å².